The number of nitrogens with zero attached hydrogens (tertiary/aromatic N) is 1. The van der Waals surface area contributed by atoms with Gasteiger partial charge in [-0.15, -0.1) is 0 Å². The van der Waals surface area contributed by atoms with E-state index in [0.717, 1.165) is 21.3 Å². The first-order chi connectivity index (χ1) is 14.7. The SMILES string of the molecule is CCOc1ccc(C(O)=C2C(=O)C(=O)N(CC[NH+](C)C)[C@@H]2c2ccc(Br)cc2)cc1C. The quantitative estimate of drug-likeness (QED) is 0.357. The smallest absolute Gasteiger partial charge is 0.295 e. The molecule has 0 unspecified atom stereocenters. The van der Waals surface area contributed by atoms with Crippen LogP contribution in [0.15, 0.2) is 52.5 Å². The third kappa shape index (κ3) is 4.83. The second-order valence-corrected chi connectivity index (χ2v) is 8.83. The Bertz CT molecular complexity index is 1010. The van der Waals surface area contributed by atoms with Crippen LogP contribution in [0.1, 0.15) is 29.7 Å². The van der Waals surface area contributed by atoms with Crippen LogP contribution in [0, 0.1) is 6.92 Å². The molecular formula is C24H28BrN2O4+. The lowest BCUT2D eigenvalue weighted by Gasteiger charge is -2.25. The highest BCUT2D eigenvalue weighted by Gasteiger charge is 2.46. The molecule has 0 bridgehead atoms. The largest absolute Gasteiger partial charge is 0.507 e. The van der Waals surface area contributed by atoms with Gasteiger partial charge in [-0.05, 0) is 55.3 Å². The fraction of sp³-hybridized carbons (Fsp3) is 0.333. The van der Waals surface area contributed by atoms with Gasteiger partial charge in [-0.25, -0.2) is 0 Å². The molecule has 0 spiro atoms. The van der Waals surface area contributed by atoms with E-state index >= 15 is 0 Å². The maximum atomic E-state index is 13.0. The number of likely N-dealkylation sites (tertiary alicyclic amines) is 1. The summed E-state index contributed by atoms with van der Waals surface area (Å²) in [5.74, 6) is -0.695. The van der Waals surface area contributed by atoms with Crippen LogP contribution in [0.3, 0.4) is 0 Å². The Hall–Kier alpha value is -2.64. The number of carbonyl (C=O) groups excluding carboxylic acids is 2. The predicted molar refractivity (Wildman–Crippen MR) is 123 cm³/mol. The van der Waals surface area contributed by atoms with Crippen molar-refractivity contribution in [3.8, 4) is 5.75 Å². The number of nitrogens with one attached hydrogen (secondary N) is 1. The molecule has 0 saturated carbocycles. The van der Waals surface area contributed by atoms with E-state index in [0.29, 0.717) is 25.3 Å². The maximum absolute atomic E-state index is 13.0. The minimum atomic E-state index is -0.661. The molecule has 2 aromatic rings. The minimum Gasteiger partial charge on any atom is -0.507 e. The number of ketones is 1. The number of aryl methyl sites for hydroxylation is 1. The van der Waals surface area contributed by atoms with Crippen molar-refractivity contribution in [3.05, 3.63) is 69.2 Å². The predicted octanol–water partition coefficient (Wildman–Crippen LogP) is 2.72. The monoisotopic (exact) mass is 487 g/mol. The van der Waals surface area contributed by atoms with Crippen molar-refractivity contribution in [1.29, 1.82) is 0 Å². The summed E-state index contributed by atoms with van der Waals surface area (Å²) >= 11 is 3.43. The van der Waals surface area contributed by atoms with Crippen molar-refractivity contribution in [3.63, 3.8) is 0 Å². The van der Waals surface area contributed by atoms with E-state index in [-0.39, 0.29) is 11.3 Å². The third-order valence-corrected chi connectivity index (χ3v) is 5.86. The van der Waals surface area contributed by atoms with Gasteiger partial charge in [0, 0.05) is 10.0 Å². The summed E-state index contributed by atoms with van der Waals surface area (Å²) in [7, 11) is 3.99. The molecule has 164 valence electrons. The number of Topliss-reactive ketones (excluding diaryl/α,β-unsaturated/α-hetero) is 1. The average molecular weight is 488 g/mol. The number of aliphatic hydroxyl groups excluding tert-OH is 1. The van der Waals surface area contributed by atoms with Gasteiger partial charge in [-0.2, -0.15) is 0 Å². The molecular weight excluding hydrogens is 460 g/mol. The molecule has 2 aromatic carbocycles. The Morgan fingerprint density at radius 1 is 1.16 bits per heavy atom. The summed E-state index contributed by atoms with van der Waals surface area (Å²) in [6, 6.07) is 12.1. The number of amides is 1. The highest BCUT2D eigenvalue weighted by atomic mass is 79.9. The van der Waals surface area contributed by atoms with Gasteiger partial charge in [0.05, 0.1) is 45.4 Å². The lowest BCUT2D eigenvalue weighted by molar-refractivity contribution is -0.857. The third-order valence-electron chi connectivity index (χ3n) is 5.33. The molecule has 1 amide bonds. The Labute approximate surface area is 191 Å². The molecule has 7 heteroatoms. The first kappa shape index (κ1) is 23.0. The van der Waals surface area contributed by atoms with Crippen LogP contribution >= 0.6 is 15.9 Å². The number of carbonyl (C=O) groups is 2. The average Bonchev–Trinajstić information content (AvgIpc) is 2.98. The fourth-order valence-corrected chi connectivity index (χ4v) is 3.98. The van der Waals surface area contributed by atoms with Crippen molar-refractivity contribution >= 4 is 33.4 Å². The first-order valence-corrected chi connectivity index (χ1v) is 11.1. The zero-order valence-corrected chi connectivity index (χ0v) is 19.8. The molecule has 1 saturated heterocycles. The Morgan fingerprint density at radius 3 is 2.42 bits per heavy atom. The molecule has 6 nitrogen and oxygen atoms in total. The zero-order valence-electron chi connectivity index (χ0n) is 18.2. The number of likely N-dealkylation sites (N-methyl/N-ethyl adjacent to an activating group) is 1. The van der Waals surface area contributed by atoms with Crippen LogP contribution in [-0.4, -0.2) is 55.5 Å². The van der Waals surface area contributed by atoms with Crippen LogP contribution in [0.25, 0.3) is 5.76 Å². The number of ether oxygens (including phenoxy) is 1. The molecule has 31 heavy (non-hydrogen) atoms. The Balaban J connectivity index is 2.12. The summed E-state index contributed by atoms with van der Waals surface area (Å²) in [6.07, 6.45) is 0. The van der Waals surface area contributed by atoms with Crippen molar-refractivity contribution in [2.45, 2.75) is 19.9 Å². The topological polar surface area (TPSA) is 71.3 Å². The second kappa shape index (κ2) is 9.66. The summed E-state index contributed by atoms with van der Waals surface area (Å²) in [5.41, 5.74) is 2.22. The van der Waals surface area contributed by atoms with E-state index in [1.165, 1.54) is 4.90 Å². The van der Waals surface area contributed by atoms with Crippen molar-refractivity contribution in [1.82, 2.24) is 4.90 Å². The van der Waals surface area contributed by atoms with Crippen molar-refractivity contribution in [2.24, 2.45) is 0 Å². The van der Waals surface area contributed by atoms with Gasteiger partial charge >= 0.3 is 0 Å². The number of rotatable bonds is 7. The number of benzene rings is 2. The lowest BCUT2D eigenvalue weighted by Crippen LogP contribution is -3.06. The van der Waals surface area contributed by atoms with Gasteiger partial charge in [0.2, 0.25) is 0 Å². The lowest BCUT2D eigenvalue weighted by atomic mass is 9.95. The molecule has 1 fully saturated rings. The number of aliphatic hydroxyl groups is 1. The highest BCUT2D eigenvalue weighted by molar-refractivity contribution is 9.10. The first-order valence-electron chi connectivity index (χ1n) is 10.3. The molecule has 3 rings (SSSR count). The summed E-state index contributed by atoms with van der Waals surface area (Å²) < 4.78 is 6.47. The van der Waals surface area contributed by atoms with Crippen LogP contribution < -0.4 is 9.64 Å². The highest BCUT2D eigenvalue weighted by Crippen LogP contribution is 2.39. The van der Waals surface area contributed by atoms with E-state index in [1.54, 1.807) is 23.1 Å². The fourth-order valence-electron chi connectivity index (χ4n) is 3.72. The molecule has 0 radical (unpaired) electrons. The Kier molecular flexibility index (Phi) is 7.18. The second-order valence-electron chi connectivity index (χ2n) is 7.91. The van der Waals surface area contributed by atoms with Gasteiger partial charge < -0.3 is 19.6 Å². The van der Waals surface area contributed by atoms with Crippen LogP contribution in [0.5, 0.6) is 5.75 Å². The zero-order chi connectivity index (χ0) is 22.7. The summed E-state index contributed by atoms with van der Waals surface area (Å²) in [6.45, 7) is 5.42. The summed E-state index contributed by atoms with van der Waals surface area (Å²) in [4.78, 5) is 28.7. The minimum absolute atomic E-state index is 0.115. The maximum Gasteiger partial charge on any atom is 0.295 e. The molecule has 1 aliphatic rings. The van der Waals surface area contributed by atoms with Gasteiger partial charge in [-0.1, -0.05) is 28.1 Å². The van der Waals surface area contributed by atoms with E-state index in [2.05, 4.69) is 15.9 Å². The Morgan fingerprint density at radius 2 is 1.84 bits per heavy atom. The molecule has 1 atom stereocenters. The van der Waals surface area contributed by atoms with E-state index in [4.69, 9.17) is 4.74 Å². The number of hydrogen-bond donors (Lipinski definition) is 2. The molecule has 1 aliphatic heterocycles. The molecule has 0 aliphatic carbocycles. The molecule has 2 N–H and O–H groups in total. The summed E-state index contributed by atoms with van der Waals surface area (Å²) in [5, 5.41) is 11.2. The van der Waals surface area contributed by atoms with E-state index < -0.39 is 17.7 Å². The van der Waals surface area contributed by atoms with Crippen LogP contribution in [0.2, 0.25) is 0 Å². The van der Waals surface area contributed by atoms with Gasteiger partial charge in [0.1, 0.15) is 11.5 Å². The standard InChI is InChI=1S/C24H27BrN2O4/c1-5-31-19-11-8-17(14-15(19)2)22(28)20-21(16-6-9-18(25)10-7-16)27(13-12-26(3)4)24(30)23(20)29/h6-11,14,21,28H,5,12-13H2,1-4H3/p+1/t21-/m1/s1. The van der Waals surface area contributed by atoms with E-state index in [9.17, 15) is 14.7 Å². The van der Waals surface area contributed by atoms with E-state index in [1.807, 2.05) is 52.2 Å². The number of quaternary nitrogens is 1. The van der Waals surface area contributed by atoms with Gasteiger partial charge in [0.15, 0.2) is 0 Å². The molecule has 1 heterocycles. The van der Waals surface area contributed by atoms with Gasteiger partial charge in [-0.3, -0.25) is 9.59 Å². The van der Waals surface area contributed by atoms with Crippen LogP contribution in [0.4, 0.5) is 0 Å². The van der Waals surface area contributed by atoms with Gasteiger partial charge in [0.25, 0.3) is 11.7 Å². The van der Waals surface area contributed by atoms with Crippen LogP contribution in [-0.2, 0) is 9.59 Å². The van der Waals surface area contributed by atoms with Crippen molar-refractivity contribution in [2.75, 3.05) is 33.8 Å². The number of hydrogen-bond acceptors (Lipinski definition) is 4. The van der Waals surface area contributed by atoms with Crippen molar-refractivity contribution < 1.29 is 24.3 Å². The number of halogens is 1. The normalized spacial score (nSPS) is 18.1. The molecule has 0 aromatic heterocycles.